The van der Waals surface area contributed by atoms with E-state index in [-0.39, 0.29) is 5.41 Å². The zero-order valence-corrected chi connectivity index (χ0v) is 7.21. The SMILES string of the molecule is CC1(/C=N/NC(=O)CO)CCC1. The van der Waals surface area contributed by atoms with Gasteiger partial charge in [0.1, 0.15) is 6.61 Å². The zero-order chi connectivity index (χ0) is 9.03. The molecule has 0 atom stereocenters. The van der Waals surface area contributed by atoms with E-state index in [1.165, 1.54) is 6.42 Å². The molecule has 12 heavy (non-hydrogen) atoms. The molecule has 0 aromatic rings. The van der Waals surface area contributed by atoms with Crippen LogP contribution in [0.5, 0.6) is 0 Å². The molecular weight excluding hydrogens is 156 g/mol. The van der Waals surface area contributed by atoms with Crippen molar-refractivity contribution in [3.05, 3.63) is 0 Å². The highest BCUT2D eigenvalue weighted by molar-refractivity contribution is 5.78. The molecule has 0 unspecified atom stereocenters. The number of hydrazone groups is 1. The summed E-state index contributed by atoms with van der Waals surface area (Å²) in [5.74, 6) is -0.464. The molecule has 0 aromatic carbocycles. The standard InChI is InChI=1S/C8H14N2O2/c1-8(3-2-4-8)6-9-10-7(12)5-11/h6,11H,2-5H2,1H3,(H,10,12)/b9-6+. The number of carbonyl (C=O) groups is 1. The van der Waals surface area contributed by atoms with Crippen LogP contribution >= 0.6 is 0 Å². The van der Waals surface area contributed by atoms with Crippen molar-refractivity contribution in [1.82, 2.24) is 5.43 Å². The van der Waals surface area contributed by atoms with E-state index in [1.54, 1.807) is 6.21 Å². The molecule has 1 fully saturated rings. The third-order valence-electron chi connectivity index (χ3n) is 2.20. The maximum absolute atomic E-state index is 10.5. The van der Waals surface area contributed by atoms with Crippen LogP contribution in [0.1, 0.15) is 26.2 Å². The summed E-state index contributed by atoms with van der Waals surface area (Å²) in [6.45, 7) is 1.60. The van der Waals surface area contributed by atoms with Crippen molar-refractivity contribution in [2.24, 2.45) is 10.5 Å². The number of hydrogen-bond donors (Lipinski definition) is 2. The van der Waals surface area contributed by atoms with Crippen LogP contribution in [-0.2, 0) is 4.79 Å². The van der Waals surface area contributed by atoms with E-state index in [0.717, 1.165) is 12.8 Å². The van der Waals surface area contributed by atoms with E-state index in [0.29, 0.717) is 0 Å². The lowest BCUT2D eigenvalue weighted by atomic mass is 9.72. The first kappa shape index (κ1) is 9.19. The molecule has 1 amide bonds. The molecule has 68 valence electrons. The van der Waals surface area contributed by atoms with Crippen LogP contribution in [-0.4, -0.2) is 23.8 Å². The quantitative estimate of drug-likeness (QED) is 0.472. The summed E-state index contributed by atoms with van der Waals surface area (Å²) >= 11 is 0. The Hall–Kier alpha value is -0.900. The molecule has 0 radical (unpaired) electrons. The largest absolute Gasteiger partial charge is 0.386 e. The molecule has 0 heterocycles. The fourth-order valence-corrected chi connectivity index (χ4v) is 1.16. The fraction of sp³-hybridized carbons (Fsp3) is 0.750. The van der Waals surface area contributed by atoms with Crippen molar-refractivity contribution in [1.29, 1.82) is 0 Å². The number of hydrogen-bond acceptors (Lipinski definition) is 3. The third-order valence-corrected chi connectivity index (χ3v) is 2.20. The minimum absolute atomic E-state index is 0.169. The topological polar surface area (TPSA) is 61.7 Å². The molecule has 0 aromatic heterocycles. The number of amides is 1. The van der Waals surface area contributed by atoms with Gasteiger partial charge in [-0.05, 0) is 12.8 Å². The molecule has 1 aliphatic rings. The molecule has 1 rings (SSSR count). The molecular formula is C8H14N2O2. The van der Waals surface area contributed by atoms with Crippen molar-refractivity contribution in [3.8, 4) is 0 Å². The van der Waals surface area contributed by atoms with Crippen LogP contribution in [0.3, 0.4) is 0 Å². The zero-order valence-electron chi connectivity index (χ0n) is 7.21. The van der Waals surface area contributed by atoms with Gasteiger partial charge in [0.2, 0.25) is 0 Å². The Morgan fingerprint density at radius 3 is 2.83 bits per heavy atom. The average Bonchev–Trinajstić information content (AvgIpc) is 2.01. The Balaban J connectivity index is 2.25. The van der Waals surface area contributed by atoms with Crippen molar-refractivity contribution < 1.29 is 9.90 Å². The Kier molecular flexibility index (Phi) is 2.81. The lowest BCUT2D eigenvalue weighted by Crippen LogP contribution is -2.29. The second kappa shape index (κ2) is 3.67. The van der Waals surface area contributed by atoms with Crippen LogP contribution in [0.2, 0.25) is 0 Å². The fourth-order valence-electron chi connectivity index (χ4n) is 1.16. The molecule has 0 saturated heterocycles. The van der Waals surface area contributed by atoms with Crippen LogP contribution in [0.15, 0.2) is 5.10 Å². The third kappa shape index (κ3) is 2.30. The second-order valence-electron chi connectivity index (χ2n) is 3.46. The van der Waals surface area contributed by atoms with E-state index < -0.39 is 12.5 Å². The monoisotopic (exact) mass is 170 g/mol. The lowest BCUT2D eigenvalue weighted by molar-refractivity contribution is -0.123. The number of carbonyl (C=O) groups excluding carboxylic acids is 1. The normalized spacial score (nSPS) is 20.5. The summed E-state index contributed by atoms with van der Waals surface area (Å²) in [6.07, 6.45) is 5.25. The average molecular weight is 170 g/mol. The van der Waals surface area contributed by atoms with E-state index >= 15 is 0 Å². The predicted molar refractivity (Wildman–Crippen MR) is 45.7 cm³/mol. The number of aliphatic hydroxyl groups is 1. The summed E-state index contributed by atoms with van der Waals surface area (Å²) in [7, 11) is 0. The lowest BCUT2D eigenvalue weighted by Gasteiger charge is -2.33. The van der Waals surface area contributed by atoms with Crippen molar-refractivity contribution in [3.63, 3.8) is 0 Å². The summed E-state index contributed by atoms with van der Waals surface area (Å²) in [6, 6.07) is 0. The van der Waals surface area contributed by atoms with Gasteiger partial charge in [-0.1, -0.05) is 13.3 Å². The van der Waals surface area contributed by atoms with Crippen molar-refractivity contribution >= 4 is 12.1 Å². The highest BCUT2D eigenvalue weighted by Gasteiger charge is 2.29. The molecule has 4 nitrogen and oxygen atoms in total. The second-order valence-corrected chi connectivity index (χ2v) is 3.46. The number of nitrogens with zero attached hydrogens (tertiary/aromatic N) is 1. The maximum atomic E-state index is 10.5. The van der Waals surface area contributed by atoms with Gasteiger partial charge in [0, 0.05) is 11.6 Å². The minimum atomic E-state index is -0.506. The van der Waals surface area contributed by atoms with Gasteiger partial charge in [-0.25, -0.2) is 5.43 Å². The number of nitrogens with one attached hydrogen (secondary N) is 1. The van der Waals surface area contributed by atoms with Gasteiger partial charge < -0.3 is 5.11 Å². The van der Waals surface area contributed by atoms with Gasteiger partial charge in [0.15, 0.2) is 0 Å². The van der Waals surface area contributed by atoms with Gasteiger partial charge in [-0.15, -0.1) is 0 Å². The molecule has 0 bridgehead atoms. The first-order valence-electron chi connectivity index (χ1n) is 4.10. The Bertz CT molecular complexity index is 197. The van der Waals surface area contributed by atoms with E-state index in [2.05, 4.69) is 17.5 Å². The smallest absolute Gasteiger partial charge is 0.265 e. The minimum Gasteiger partial charge on any atom is -0.386 e. The van der Waals surface area contributed by atoms with Crippen molar-refractivity contribution in [2.75, 3.05) is 6.61 Å². The first-order chi connectivity index (χ1) is 5.66. The predicted octanol–water partition coefficient (Wildman–Crippen LogP) is 0.271. The highest BCUT2D eigenvalue weighted by atomic mass is 16.3. The Labute approximate surface area is 71.7 Å². The summed E-state index contributed by atoms with van der Waals surface area (Å²) in [5.41, 5.74) is 2.41. The van der Waals surface area contributed by atoms with Crippen LogP contribution in [0, 0.1) is 5.41 Å². The molecule has 0 aliphatic heterocycles. The van der Waals surface area contributed by atoms with E-state index in [4.69, 9.17) is 5.11 Å². The first-order valence-corrected chi connectivity index (χ1v) is 4.10. The van der Waals surface area contributed by atoms with Crippen LogP contribution in [0.4, 0.5) is 0 Å². The van der Waals surface area contributed by atoms with Gasteiger partial charge >= 0.3 is 0 Å². The van der Waals surface area contributed by atoms with Gasteiger partial charge in [-0.3, -0.25) is 4.79 Å². The summed E-state index contributed by atoms with van der Waals surface area (Å²) < 4.78 is 0. The number of aliphatic hydroxyl groups excluding tert-OH is 1. The van der Waals surface area contributed by atoms with Crippen LogP contribution < -0.4 is 5.43 Å². The Morgan fingerprint density at radius 2 is 2.42 bits per heavy atom. The Morgan fingerprint density at radius 1 is 1.75 bits per heavy atom. The van der Waals surface area contributed by atoms with E-state index in [1.807, 2.05) is 0 Å². The summed E-state index contributed by atoms with van der Waals surface area (Å²) in [4.78, 5) is 10.5. The number of rotatable bonds is 3. The highest BCUT2D eigenvalue weighted by Crippen LogP contribution is 2.38. The van der Waals surface area contributed by atoms with Crippen LogP contribution in [0.25, 0.3) is 0 Å². The molecule has 2 N–H and O–H groups in total. The maximum Gasteiger partial charge on any atom is 0.265 e. The molecule has 0 spiro atoms. The molecule has 4 heteroatoms. The summed E-state index contributed by atoms with van der Waals surface area (Å²) in [5, 5.41) is 12.1. The van der Waals surface area contributed by atoms with E-state index in [9.17, 15) is 4.79 Å². The van der Waals surface area contributed by atoms with Crippen molar-refractivity contribution in [2.45, 2.75) is 26.2 Å². The molecule has 1 aliphatic carbocycles. The molecule has 1 saturated carbocycles. The van der Waals surface area contributed by atoms with Gasteiger partial charge in [-0.2, -0.15) is 5.10 Å². The van der Waals surface area contributed by atoms with Gasteiger partial charge in [0.05, 0.1) is 0 Å². The van der Waals surface area contributed by atoms with Gasteiger partial charge in [0.25, 0.3) is 5.91 Å².